The summed E-state index contributed by atoms with van der Waals surface area (Å²) in [6.45, 7) is 0. The molecule has 2 heterocycles. The van der Waals surface area contributed by atoms with E-state index in [1.165, 1.54) is 12.8 Å². The molecule has 2 aromatic carbocycles. The molecule has 178 valence electrons. The van der Waals surface area contributed by atoms with Crippen molar-refractivity contribution < 1.29 is 9.59 Å². The molecule has 2 aliphatic rings. The number of carbonyl (C=O) groups excluding carboxylic acids is 2. The lowest BCUT2D eigenvalue weighted by molar-refractivity contribution is 0.0884. The van der Waals surface area contributed by atoms with Gasteiger partial charge in [0.25, 0.3) is 0 Å². The van der Waals surface area contributed by atoms with Crippen LogP contribution in [0, 0.1) is 11.8 Å². The second-order valence-corrected chi connectivity index (χ2v) is 10.3. The molecule has 0 N–H and O–H groups in total. The Kier molecular flexibility index (Phi) is 5.97. The highest BCUT2D eigenvalue weighted by Crippen LogP contribution is 2.39. The fourth-order valence-electron chi connectivity index (χ4n) is 6.40. The topological polar surface area (TPSA) is 52.0 Å². The molecule has 2 aromatic heterocycles. The Morgan fingerprint density at radius 1 is 0.629 bits per heavy atom. The van der Waals surface area contributed by atoms with Crippen LogP contribution in [0.25, 0.3) is 27.6 Å². The highest BCUT2D eigenvalue weighted by molar-refractivity contribution is 6.21. The lowest BCUT2D eigenvalue weighted by Gasteiger charge is -2.22. The van der Waals surface area contributed by atoms with Gasteiger partial charge in [-0.15, -0.1) is 0 Å². The summed E-state index contributed by atoms with van der Waals surface area (Å²) in [7, 11) is 0. The van der Waals surface area contributed by atoms with E-state index < -0.39 is 0 Å². The Morgan fingerprint density at radius 2 is 1.14 bits per heavy atom. The SMILES string of the molecule is O=C(c1cccc2c3cccc(C(=O)C4CCCCC4)c3n(-c3ccccn3)c12)C1CCCCC1. The van der Waals surface area contributed by atoms with Crippen LogP contribution in [-0.2, 0) is 0 Å². The number of Topliss-reactive ketones (excluding diaryl/α,β-unsaturated/α-hetero) is 2. The lowest BCUT2D eigenvalue weighted by atomic mass is 9.83. The van der Waals surface area contributed by atoms with Crippen molar-refractivity contribution in [1.29, 1.82) is 0 Å². The summed E-state index contributed by atoms with van der Waals surface area (Å²) in [4.78, 5) is 32.4. The van der Waals surface area contributed by atoms with Gasteiger partial charge >= 0.3 is 0 Å². The quantitative estimate of drug-likeness (QED) is 0.284. The number of pyridine rings is 1. The van der Waals surface area contributed by atoms with Crippen molar-refractivity contribution in [3.8, 4) is 5.82 Å². The average molecular weight is 465 g/mol. The zero-order valence-corrected chi connectivity index (χ0v) is 20.2. The maximum Gasteiger partial charge on any atom is 0.168 e. The van der Waals surface area contributed by atoms with Crippen LogP contribution in [0.15, 0.2) is 60.8 Å². The van der Waals surface area contributed by atoms with Crippen molar-refractivity contribution in [2.75, 3.05) is 0 Å². The summed E-state index contributed by atoms with van der Waals surface area (Å²) in [6.07, 6.45) is 12.5. The zero-order chi connectivity index (χ0) is 23.8. The van der Waals surface area contributed by atoms with Crippen LogP contribution in [0.2, 0.25) is 0 Å². The summed E-state index contributed by atoms with van der Waals surface area (Å²) < 4.78 is 2.09. The standard InChI is InChI=1S/C31H32N2O2/c34-30(21-11-3-1-4-12-21)25-17-9-15-23-24-16-10-18-26(31(35)22-13-5-2-6-14-22)29(24)33(28(23)25)27-19-7-8-20-32-27/h7-10,15-22H,1-6,11-14H2. The Balaban J connectivity index is 1.63. The van der Waals surface area contributed by atoms with E-state index in [1.54, 1.807) is 6.20 Å². The second kappa shape index (κ2) is 9.41. The second-order valence-electron chi connectivity index (χ2n) is 10.3. The van der Waals surface area contributed by atoms with Gasteiger partial charge in [0.05, 0.1) is 11.0 Å². The molecule has 0 radical (unpaired) electrons. The third kappa shape index (κ3) is 3.89. The summed E-state index contributed by atoms with van der Waals surface area (Å²) >= 11 is 0. The molecule has 0 spiro atoms. The van der Waals surface area contributed by atoms with E-state index >= 15 is 0 Å². The third-order valence-electron chi connectivity index (χ3n) is 8.17. The van der Waals surface area contributed by atoms with E-state index in [1.807, 2.05) is 42.5 Å². The summed E-state index contributed by atoms with van der Waals surface area (Å²) in [5.41, 5.74) is 3.29. The summed E-state index contributed by atoms with van der Waals surface area (Å²) in [5.74, 6) is 1.37. The molecule has 6 rings (SSSR count). The first-order chi connectivity index (χ1) is 17.2. The number of ketones is 2. The van der Waals surface area contributed by atoms with E-state index in [-0.39, 0.29) is 23.4 Å². The van der Waals surface area contributed by atoms with Gasteiger partial charge in [0.2, 0.25) is 0 Å². The maximum absolute atomic E-state index is 13.8. The largest absolute Gasteiger partial charge is 0.294 e. The molecule has 2 fully saturated rings. The fourth-order valence-corrected chi connectivity index (χ4v) is 6.40. The number of benzene rings is 2. The molecule has 4 heteroatoms. The molecule has 2 saturated carbocycles. The van der Waals surface area contributed by atoms with Gasteiger partial charge in [-0.1, -0.05) is 68.9 Å². The number of hydrogen-bond donors (Lipinski definition) is 0. The predicted molar refractivity (Wildman–Crippen MR) is 140 cm³/mol. The molecular weight excluding hydrogens is 432 g/mol. The molecular formula is C31H32N2O2. The monoisotopic (exact) mass is 464 g/mol. The summed E-state index contributed by atoms with van der Waals surface area (Å²) in [5, 5.41) is 2.04. The molecule has 0 bridgehead atoms. The Hall–Kier alpha value is -3.27. The van der Waals surface area contributed by atoms with Crippen LogP contribution in [0.1, 0.15) is 84.9 Å². The van der Waals surface area contributed by atoms with Crippen molar-refractivity contribution in [2.24, 2.45) is 11.8 Å². The van der Waals surface area contributed by atoms with Crippen LogP contribution in [0.5, 0.6) is 0 Å². The van der Waals surface area contributed by atoms with Gasteiger partial charge in [0.1, 0.15) is 5.82 Å². The van der Waals surface area contributed by atoms with Crippen molar-refractivity contribution in [3.05, 3.63) is 71.9 Å². The Labute approximate surface area is 206 Å². The van der Waals surface area contributed by atoms with Gasteiger partial charge in [-0.3, -0.25) is 14.2 Å². The number of nitrogens with zero attached hydrogens (tertiary/aromatic N) is 2. The van der Waals surface area contributed by atoms with Crippen molar-refractivity contribution in [1.82, 2.24) is 9.55 Å². The van der Waals surface area contributed by atoms with Crippen molar-refractivity contribution in [3.63, 3.8) is 0 Å². The highest BCUT2D eigenvalue weighted by Gasteiger charge is 2.29. The van der Waals surface area contributed by atoms with Gasteiger partial charge < -0.3 is 0 Å². The first-order valence-electron chi connectivity index (χ1n) is 13.3. The van der Waals surface area contributed by atoms with E-state index in [0.717, 1.165) is 90.1 Å². The van der Waals surface area contributed by atoms with E-state index in [0.29, 0.717) is 0 Å². The van der Waals surface area contributed by atoms with Gasteiger partial charge in [-0.25, -0.2) is 4.98 Å². The van der Waals surface area contributed by atoms with Gasteiger partial charge in [0.15, 0.2) is 11.6 Å². The van der Waals surface area contributed by atoms with Crippen LogP contribution in [0.4, 0.5) is 0 Å². The third-order valence-corrected chi connectivity index (χ3v) is 8.17. The number of hydrogen-bond acceptors (Lipinski definition) is 3. The minimum Gasteiger partial charge on any atom is -0.294 e. The lowest BCUT2D eigenvalue weighted by Crippen LogP contribution is -2.19. The molecule has 35 heavy (non-hydrogen) atoms. The van der Waals surface area contributed by atoms with Crippen LogP contribution in [0.3, 0.4) is 0 Å². The van der Waals surface area contributed by atoms with E-state index in [2.05, 4.69) is 21.7 Å². The molecule has 2 aliphatic carbocycles. The molecule has 0 amide bonds. The fraction of sp³-hybridized carbons (Fsp3) is 0.387. The number of para-hydroxylation sites is 2. The van der Waals surface area contributed by atoms with Crippen LogP contribution in [-0.4, -0.2) is 21.1 Å². The van der Waals surface area contributed by atoms with Gasteiger partial charge in [0, 0.05) is 39.9 Å². The average Bonchev–Trinajstić information content (AvgIpc) is 3.28. The predicted octanol–water partition coefficient (Wildman–Crippen LogP) is 7.70. The molecule has 0 aliphatic heterocycles. The first-order valence-corrected chi connectivity index (χ1v) is 13.3. The minimum absolute atomic E-state index is 0.0767. The van der Waals surface area contributed by atoms with Gasteiger partial charge in [-0.05, 0) is 49.9 Å². The Bertz CT molecular complexity index is 1300. The molecule has 0 atom stereocenters. The first kappa shape index (κ1) is 22.2. The molecule has 0 unspecified atom stereocenters. The number of carbonyl (C=O) groups is 2. The smallest absolute Gasteiger partial charge is 0.168 e. The molecule has 0 saturated heterocycles. The Morgan fingerprint density at radius 3 is 1.60 bits per heavy atom. The van der Waals surface area contributed by atoms with Crippen molar-refractivity contribution in [2.45, 2.75) is 64.2 Å². The van der Waals surface area contributed by atoms with Crippen LogP contribution < -0.4 is 0 Å². The van der Waals surface area contributed by atoms with E-state index in [9.17, 15) is 9.59 Å². The summed E-state index contributed by atoms with van der Waals surface area (Å²) in [6, 6.07) is 18.0. The molecule has 4 nitrogen and oxygen atoms in total. The van der Waals surface area contributed by atoms with Gasteiger partial charge in [-0.2, -0.15) is 0 Å². The maximum atomic E-state index is 13.8. The normalized spacial score (nSPS) is 17.7. The van der Waals surface area contributed by atoms with Crippen molar-refractivity contribution >= 4 is 33.4 Å². The zero-order valence-electron chi connectivity index (χ0n) is 20.2. The number of fused-ring (bicyclic) bond motifs is 3. The minimum atomic E-state index is 0.0767. The highest BCUT2D eigenvalue weighted by atomic mass is 16.1. The number of rotatable bonds is 5. The van der Waals surface area contributed by atoms with E-state index in [4.69, 9.17) is 0 Å². The number of aromatic nitrogens is 2. The molecule has 4 aromatic rings. The van der Waals surface area contributed by atoms with Crippen LogP contribution >= 0.6 is 0 Å².